The van der Waals surface area contributed by atoms with Crippen molar-refractivity contribution >= 4 is 17.3 Å². The van der Waals surface area contributed by atoms with E-state index >= 15 is 0 Å². The van der Waals surface area contributed by atoms with E-state index in [2.05, 4.69) is 34.9 Å². The molecule has 1 atom stereocenters. The van der Waals surface area contributed by atoms with Gasteiger partial charge in [0.1, 0.15) is 5.75 Å². The predicted octanol–water partition coefficient (Wildman–Crippen LogP) is 4.00. The molecule has 0 amide bonds. The average Bonchev–Trinajstić information content (AvgIpc) is 2.70. The van der Waals surface area contributed by atoms with Gasteiger partial charge in [0.15, 0.2) is 0 Å². The van der Waals surface area contributed by atoms with Crippen molar-refractivity contribution < 1.29 is 4.74 Å². The van der Waals surface area contributed by atoms with Crippen LogP contribution in [-0.2, 0) is 6.54 Å². The summed E-state index contributed by atoms with van der Waals surface area (Å²) in [7, 11) is 1.68. The molecule has 2 aromatic rings. The number of ether oxygens (including phenoxy) is 1. The third kappa shape index (κ3) is 3.14. The molecule has 0 aromatic heterocycles. The number of methoxy groups -OCH3 is 1. The zero-order valence-electron chi connectivity index (χ0n) is 12.0. The summed E-state index contributed by atoms with van der Waals surface area (Å²) < 4.78 is 5.42. The number of hydrogen-bond donors (Lipinski definition) is 2. The largest absolute Gasteiger partial charge is 0.495 e. The molecule has 0 spiro atoms. The standard InChI is InChI=1S/C17H19ClN2O/c1-21-17-7-6-13(18)10-16(17)20-15-8-9-19-11-12-4-2-3-5-14(12)15/h2-7,10,15,19-20H,8-9,11H2,1H3. The lowest BCUT2D eigenvalue weighted by molar-refractivity contribution is 0.416. The maximum Gasteiger partial charge on any atom is 0.142 e. The molecule has 0 radical (unpaired) electrons. The van der Waals surface area contributed by atoms with E-state index in [1.165, 1.54) is 11.1 Å². The number of anilines is 1. The Labute approximate surface area is 130 Å². The van der Waals surface area contributed by atoms with Gasteiger partial charge in [-0.05, 0) is 42.3 Å². The van der Waals surface area contributed by atoms with Crippen LogP contribution >= 0.6 is 11.6 Å². The van der Waals surface area contributed by atoms with Crippen molar-refractivity contribution in [2.75, 3.05) is 19.0 Å². The van der Waals surface area contributed by atoms with E-state index in [0.717, 1.165) is 30.9 Å². The SMILES string of the molecule is COc1ccc(Cl)cc1NC1CCNCc2ccccc21. The Kier molecular flexibility index (Phi) is 4.32. The highest BCUT2D eigenvalue weighted by molar-refractivity contribution is 6.30. The highest BCUT2D eigenvalue weighted by atomic mass is 35.5. The first kappa shape index (κ1) is 14.2. The highest BCUT2D eigenvalue weighted by Gasteiger charge is 2.19. The molecule has 110 valence electrons. The number of hydrogen-bond acceptors (Lipinski definition) is 3. The first-order valence-corrected chi connectivity index (χ1v) is 7.54. The summed E-state index contributed by atoms with van der Waals surface area (Å²) in [5, 5.41) is 7.76. The second-order valence-electron chi connectivity index (χ2n) is 5.21. The fraction of sp³-hybridized carbons (Fsp3) is 0.294. The molecule has 1 aliphatic heterocycles. The molecule has 3 rings (SSSR count). The van der Waals surface area contributed by atoms with Crippen molar-refractivity contribution in [2.24, 2.45) is 0 Å². The van der Waals surface area contributed by atoms with E-state index in [0.29, 0.717) is 5.02 Å². The number of nitrogens with one attached hydrogen (secondary N) is 2. The first-order valence-electron chi connectivity index (χ1n) is 7.16. The number of halogens is 1. The van der Waals surface area contributed by atoms with Crippen molar-refractivity contribution in [1.29, 1.82) is 0 Å². The van der Waals surface area contributed by atoms with Crippen LogP contribution < -0.4 is 15.4 Å². The first-order chi connectivity index (χ1) is 10.3. The maximum atomic E-state index is 6.12. The third-order valence-electron chi connectivity index (χ3n) is 3.85. The second-order valence-corrected chi connectivity index (χ2v) is 5.64. The zero-order valence-corrected chi connectivity index (χ0v) is 12.8. The quantitative estimate of drug-likeness (QED) is 0.899. The fourth-order valence-corrected chi connectivity index (χ4v) is 2.96. The minimum absolute atomic E-state index is 0.253. The zero-order chi connectivity index (χ0) is 14.7. The summed E-state index contributed by atoms with van der Waals surface area (Å²) >= 11 is 6.12. The molecule has 1 aliphatic rings. The monoisotopic (exact) mass is 302 g/mol. The molecule has 0 saturated heterocycles. The van der Waals surface area contributed by atoms with E-state index < -0.39 is 0 Å². The van der Waals surface area contributed by atoms with Crippen LogP contribution in [0.1, 0.15) is 23.6 Å². The van der Waals surface area contributed by atoms with E-state index in [4.69, 9.17) is 16.3 Å². The highest BCUT2D eigenvalue weighted by Crippen LogP contribution is 2.33. The Hall–Kier alpha value is -1.71. The van der Waals surface area contributed by atoms with Gasteiger partial charge >= 0.3 is 0 Å². The summed E-state index contributed by atoms with van der Waals surface area (Å²) in [4.78, 5) is 0. The lowest BCUT2D eigenvalue weighted by Crippen LogP contribution is -2.15. The summed E-state index contributed by atoms with van der Waals surface area (Å²) in [6.07, 6.45) is 1.02. The van der Waals surface area contributed by atoms with Gasteiger partial charge in [-0.1, -0.05) is 35.9 Å². The van der Waals surface area contributed by atoms with E-state index in [9.17, 15) is 0 Å². The Bertz CT molecular complexity index is 630. The number of rotatable bonds is 3. The van der Waals surface area contributed by atoms with Gasteiger partial charge in [0.25, 0.3) is 0 Å². The van der Waals surface area contributed by atoms with Crippen LogP contribution in [0.25, 0.3) is 0 Å². The van der Waals surface area contributed by atoms with Gasteiger partial charge in [0.2, 0.25) is 0 Å². The van der Waals surface area contributed by atoms with Crippen LogP contribution in [-0.4, -0.2) is 13.7 Å². The smallest absolute Gasteiger partial charge is 0.142 e. The van der Waals surface area contributed by atoms with E-state index in [1.807, 2.05) is 18.2 Å². The minimum atomic E-state index is 0.253. The van der Waals surface area contributed by atoms with Crippen molar-refractivity contribution in [3.8, 4) is 5.75 Å². The number of fused-ring (bicyclic) bond motifs is 1. The molecule has 0 saturated carbocycles. The van der Waals surface area contributed by atoms with Gasteiger partial charge in [-0.15, -0.1) is 0 Å². The molecule has 0 bridgehead atoms. The van der Waals surface area contributed by atoms with Crippen LogP contribution in [0.5, 0.6) is 5.75 Å². The molecule has 0 aliphatic carbocycles. The molecule has 2 aromatic carbocycles. The molecule has 21 heavy (non-hydrogen) atoms. The van der Waals surface area contributed by atoms with Crippen LogP contribution in [0.4, 0.5) is 5.69 Å². The Morgan fingerprint density at radius 2 is 2.10 bits per heavy atom. The van der Waals surface area contributed by atoms with Gasteiger partial charge in [-0.25, -0.2) is 0 Å². The van der Waals surface area contributed by atoms with Crippen LogP contribution in [0.2, 0.25) is 5.02 Å². The average molecular weight is 303 g/mol. The lowest BCUT2D eigenvalue weighted by Gasteiger charge is -2.22. The summed E-state index contributed by atoms with van der Waals surface area (Å²) in [6.45, 7) is 1.90. The van der Waals surface area contributed by atoms with Gasteiger partial charge in [0.05, 0.1) is 18.8 Å². The molecular formula is C17H19ClN2O. The molecule has 1 heterocycles. The van der Waals surface area contributed by atoms with Gasteiger partial charge in [0, 0.05) is 11.6 Å². The van der Waals surface area contributed by atoms with E-state index in [1.54, 1.807) is 7.11 Å². The van der Waals surface area contributed by atoms with Crippen LogP contribution in [0, 0.1) is 0 Å². The Morgan fingerprint density at radius 1 is 1.24 bits per heavy atom. The molecule has 0 fully saturated rings. The molecular weight excluding hydrogens is 284 g/mol. The predicted molar refractivity (Wildman–Crippen MR) is 87.1 cm³/mol. The topological polar surface area (TPSA) is 33.3 Å². The fourth-order valence-electron chi connectivity index (χ4n) is 2.79. The second kappa shape index (κ2) is 6.37. The summed E-state index contributed by atoms with van der Waals surface area (Å²) in [5.41, 5.74) is 3.62. The van der Waals surface area contributed by atoms with Crippen LogP contribution in [0.15, 0.2) is 42.5 Å². The van der Waals surface area contributed by atoms with Crippen molar-refractivity contribution in [3.05, 3.63) is 58.6 Å². The Balaban J connectivity index is 1.93. The summed E-state index contributed by atoms with van der Waals surface area (Å²) in [6, 6.07) is 14.5. The molecule has 1 unspecified atom stereocenters. The van der Waals surface area contributed by atoms with Crippen molar-refractivity contribution in [2.45, 2.75) is 19.0 Å². The van der Waals surface area contributed by atoms with Crippen molar-refractivity contribution in [1.82, 2.24) is 5.32 Å². The number of benzene rings is 2. The van der Waals surface area contributed by atoms with Crippen molar-refractivity contribution in [3.63, 3.8) is 0 Å². The van der Waals surface area contributed by atoms with E-state index in [-0.39, 0.29) is 6.04 Å². The molecule has 3 nitrogen and oxygen atoms in total. The molecule has 4 heteroatoms. The third-order valence-corrected chi connectivity index (χ3v) is 4.08. The normalized spacial score (nSPS) is 17.7. The minimum Gasteiger partial charge on any atom is -0.495 e. The summed E-state index contributed by atoms with van der Waals surface area (Å²) in [5.74, 6) is 0.814. The lowest BCUT2D eigenvalue weighted by atomic mass is 9.99. The maximum absolute atomic E-state index is 6.12. The van der Waals surface area contributed by atoms with Gasteiger partial charge in [-0.3, -0.25) is 0 Å². The Morgan fingerprint density at radius 3 is 2.95 bits per heavy atom. The molecule has 2 N–H and O–H groups in total. The van der Waals surface area contributed by atoms with Gasteiger partial charge in [-0.2, -0.15) is 0 Å². The van der Waals surface area contributed by atoms with Gasteiger partial charge < -0.3 is 15.4 Å². The van der Waals surface area contributed by atoms with Crippen LogP contribution in [0.3, 0.4) is 0 Å².